The molecule has 1 amide bonds. The van der Waals surface area contributed by atoms with Crippen LogP contribution in [0.4, 0.5) is 0 Å². The summed E-state index contributed by atoms with van der Waals surface area (Å²) in [5, 5.41) is 6.26. The van der Waals surface area contributed by atoms with Crippen LogP contribution in [0.3, 0.4) is 0 Å². The highest BCUT2D eigenvalue weighted by molar-refractivity contribution is 5.76. The van der Waals surface area contributed by atoms with E-state index in [9.17, 15) is 4.79 Å². The summed E-state index contributed by atoms with van der Waals surface area (Å²) in [5.74, 6) is 0.127. The molecule has 20 heavy (non-hydrogen) atoms. The second-order valence-electron chi connectivity index (χ2n) is 6.49. The topological polar surface area (TPSA) is 41.1 Å². The molecule has 0 aliphatic carbocycles. The molecule has 2 N–H and O–H groups in total. The van der Waals surface area contributed by atoms with Crippen LogP contribution >= 0.6 is 0 Å². The summed E-state index contributed by atoms with van der Waals surface area (Å²) in [6, 6.07) is 8.43. The van der Waals surface area contributed by atoms with Crippen LogP contribution in [0.15, 0.2) is 24.3 Å². The zero-order chi connectivity index (χ0) is 15.2. The standard InChI is InChI=1S/C17H28N2O/c1-13-8-6-9-14(12-13)16(17(2,3)4)19-15(20)10-7-11-18-5/h6,8-9,12,16,18H,7,10-11H2,1-5H3,(H,19,20). The van der Waals surface area contributed by atoms with Gasteiger partial charge >= 0.3 is 0 Å². The Morgan fingerprint density at radius 2 is 2.00 bits per heavy atom. The minimum Gasteiger partial charge on any atom is -0.349 e. The zero-order valence-corrected chi connectivity index (χ0v) is 13.4. The molecule has 0 aliphatic rings. The molecule has 3 nitrogen and oxygen atoms in total. The van der Waals surface area contributed by atoms with Crippen LogP contribution in [0.25, 0.3) is 0 Å². The number of hydrogen-bond donors (Lipinski definition) is 2. The third-order valence-corrected chi connectivity index (χ3v) is 3.38. The quantitative estimate of drug-likeness (QED) is 0.783. The molecule has 0 spiro atoms. The molecular weight excluding hydrogens is 248 g/mol. The molecule has 0 fully saturated rings. The van der Waals surface area contributed by atoms with Crippen LogP contribution in [0.2, 0.25) is 0 Å². The Bertz CT molecular complexity index is 435. The molecule has 1 rings (SSSR count). The molecule has 0 saturated carbocycles. The minimum absolute atomic E-state index is 0.00748. The maximum atomic E-state index is 12.1. The van der Waals surface area contributed by atoms with E-state index in [1.807, 2.05) is 7.05 Å². The van der Waals surface area contributed by atoms with E-state index < -0.39 is 0 Å². The first-order valence-corrected chi connectivity index (χ1v) is 7.35. The van der Waals surface area contributed by atoms with Crippen molar-refractivity contribution in [3.63, 3.8) is 0 Å². The number of carbonyl (C=O) groups excluding carboxylic acids is 1. The van der Waals surface area contributed by atoms with Crippen molar-refractivity contribution in [1.82, 2.24) is 10.6 Å². The van der Waals surface area contributed by atoms with Gasteiger partial charge in [-0.3, -0.25) is 4.79 Å². The smallest absolute Gasteiger partial charge is 0.220 e. The maximum absolute atomic E-state index is 12.1. The lowest BCUT2D eigenvalue weighted by molar-refractivity contribution is -0.122. The molecule has 3 heteroatoms. The summed E-state index contributed by atoms with van der Waals surface area (Å²) in [5.41, 5.74) is 2.40. The Morgan fingerprint density at radius 1 is 1.30 bits per heavy atom. The second kappa shape index (κ2) is 7.44. The maximum Gasteiger partial charge on any atom is 0.220 e. The normalized spacial score (nSPS) is 13.1. The van der Waals surface area contributed by atoms with Gasteiger partial charge < -0.3 is 10.6 Å². The van der Waals surface area contributed by atoms with E-state index in [-0.39, 0.29) is 17.4 Å². The molecule has 1 atom stereocenters. The van der Waals surface area contributed by atoms with E-state index >= 15 is 0 Å². The van der Waals surface area contributed by atoms with Crippen LogP contribution in [-0.4, -0.2) is 19.5 Å². The summed E-state index contributed by atoms with van der Waals surface area (Å²) in [6.45, 7) is 9.44. The molecule has 0 bridgehead atoms. The van der Waals surface area contributed by atoms with Crippen molar-refractivity contribution in [3.8, 4) is 0 Å². The SMILES string of the molecule is CNCCCC(=O)NC(c1cccc(C)c1)C(C)(C)C. The van der Waals surface area contributed by atoms with Crippen molar-refractivity contribution in [2.45, 2.75) is 46.6 Å². The summed E-state index contributed by atoms with van der Waals surface area (Å²) < 4.78 is 0. The average Bonchev–Trinajstić information content (AvgIpc) is 2.35. The first kappa shape index (κ1) is 16.7. The van der Waals surface area contributed by atoms with E-state index in [0.717, 1.165) is 13.0 Å². The number of aryl methyl sites for hydroxylation is 1. The van der Waals surface area contributed by atoms with Gasteiger partial charge in [-0.05, 0) is 37.9 Å². The lowest BCUT2D eigenvalue weighted by Gasteiger charge is -2.32. The van der Waals surface area contributed by atoms with Gasteiger partial charge in [-0.25, -0.2) is 0 Å². The highest BCUT2D eigenvalue weighted by Crippen LogP contribution is 2.33. The second-order valence-corrected chi connectivity index (χ2v) is 6.49. The average molecular weight is 276 g/mol. The molecular formula is C17H28N2O. The first-order valence-electron chi connectivity index (χ1n) is 7.35. The molecule has 0 aromatic heterocycles. The largest absolute Gasteiger partial charge is 0.349 e. The Balaban J connectivity index is 2.79. The van der Waals surface area contributed by atoms with E-state index in [1.54, 1.807) is 0 Å². The van der Waals surface area contributed by atoms with Gasteiger partial charge in [0, 0.05) is 6.42 Å². The van der Waals surface area contributed by atoms with Crippen LogP contribution in [0.5, 0.6) is 0 Å². The van der Waals surface area contributed by atoms with Gasteiger partial charge in [0.25, 0.3) is 0 Å². The van der Waals surface area contributed by atoms with Gasteiger partial charge in [0.15, 0.2) is 0 Å². The van der Waals surface area contributed by atoms with Crippen molar-refractivity contribution in [1.29, 1.82) is 0 Å². The molecule has 112 valence electrons. The van der Waals surface area contributed by atoms with Crippen molar-refractivity contribution in [3.05, 3.63) is 35.4 Å². The number of hydrogen-bond acceptors (Lipinski definition) is 2. The lowest BCUT2D eigenvalue weighted by Crippen LogP contribution is -2.36. The van der Waals surface area contributed by atoms with Gasteiger partial charge in [0.05, 0.1) is 6.04 Å². The van der Waals surface area contributed by atoms with Crippen LogP contribution in [0, 0.1) is 12.3 Å². The van der Waals surface area contributed by atoms with Gasteiger partial charge in [0.2, 0.25) is 5.91 Å². The van der Waals surface area contributed by atoms with Gasteiger partial charge in [-0.15, -0.1) is 0 Å². The fourth-order valence-electron chi connectivity index (χ4n) is 2.31. The molecule has 1 unspecified atom stereocenters. The summed E-state index contributed by atoms with van der Waals surface area (Å²) >= 11 is 0. The first-order chi connectivity index (χ1) is 9.34. The number of carbonyl (C=O) groups is 1. The Kier molecular flexibility index (Phi) is 6.21. The third kappa shape index (κ3) is 5.33. The van der Waals surface area contributed by atoms with Crippen molar-refractivity contribution in [2.75, 3.05) is 13.6 Å². The Labute approximate surface area is 123 Å². The summed E-state index contributed by atoms with van der Waals surface area (Å²) in [7, 11) is 1.91. The Morgan fingerprint density at radius 3 is 2.55 bits per heavy atom. The molecule has 0 saturated heterocycles. The van der Waals surface area contributed by atoms with Crippen LogP contribution in [0.1, 0.15) is 50.8 Å². The number of rotatable bonds is 6. The predicted octanol–water partition coefficient (Wildman–Crippen LogP) is 3.20. The summed E-state index contributed by atoms with van der Waals surface area (Å²) in [6.07, 6.45) is 1.44. The van der Waals surface area contributed by atoms with E-state index in [0.29, 0.717) is 6.42 Å². The van der Waals surface area contributed by atoms with Gasteiger partial charge in [0.1, 0.15) is 0 Å². The predicted molar refractivity (Wildman–Crippen MR) is 84.7 cm³/mol. The minimum atomic E-state index is -0.00748. The van der Waals surface area contributed by atoms with Gasteiger partial charge in [-0.1, -0.05) is 50.6 Å². The third-order valence-electron chi connectivity index (χ3n) is 3.38. The van der Waals surface area contributed by atoms with Crippen LogP contribution in [-0.2, 0) is 4.79 Å². The monoisotopic (exact) mass is 276 g/mol. The highest BCUT2D eigenvalue weighted by Gasteiger charge is 2.27. The van der Waals surface area contributed by atoms with Crippen molar-refractivity contribution in [2.24, 2.45) is 5.41 Å². The fourth-order valence-corrected chi connectivity index (χ4v) is 2.31. The van der Waals surface area contributed by atoms with E-state index in [2.05, 4.69) is 62.6 Å². The van der Waals surface area contributed by atoms with Crippen LogP contribution < -0.4 is 10.6 Å². The molecule has 0 radical (unpaired) electrons. The summed E-state index contributed by atoms with van der Waals surface area (Å²) in [4.78, 5) is 12.1. The number of amides is 1. The molecule has 0 aliphatic heterocycles. The van der Waals surface area contributed by atoms with E-state index in [4.69, 9.17) is 0 Å². The van der Waals surface area contributed by atoms with E-state index in [1.165, 1.54) is 11.1 Å². The van der Waals surface area contributed by atoms with Crippen molar-refractivity contribution >= 4 is 5.91 Å². The van der Waals surface area contributed by atoms with Crippen molar-refractivity contribution < 1.29 is 4.79 Å². The fraction of sp³-hybridized carbons (Fsp3) is 0.588. The lowest BCUT2D eigenvalue weighted by atomic mass is 9.82. The molecule has 0 heterocycles. The highest BCUT2D eigenvalue weighted by atomic mass is 16.1. The van der Waals surface area contributed by atoms with Gasteiger partial charge in [-0.2, -0.15) is 0 Å². The zero-order valence-electron chi connectivity index (χ0n) is 13.4. The molecule has 1 aromatic rings. The number of benzene rings is 1. The molecule has 1 aromatic carbocycles. The Hall–Kier alpha value is -1.35. The number of nitrogens with one attached hydrogen (secondary N) is 2.